The number of hydrogen-bond acceptors (Lipinski definition) is 3. The number of carbonyl (C=O) groups is 1. The lowest BCUT2D eigenvalue weighted by Gasteiger charge is -2.15. The molecule has 0 radical (unpaired) electrons. The van der Waals surface area contributed by atoms with Gasteiger partial charge in [0.2, 0.25) is 0 Å². The van der Waals surface area contributed by atoms with Crippen molar-refractivity contribution in [2.45, 2.75) is 149 Å². The van der Waals surface area contributed by atoms with Crippen molar-refractivity contribution in [3.8, 4) is 5.75 Å². The maximum atomic E-state index is 11.9. The van der Waals surface area contributed by atoms with E-state index in [4.69, 9.17) is 4.74 Å². The first-order valence-corrected chi connectivity index (χ1v) is 15.0. The molecule has 1 aromatic carbocycles. The zero-order valence-corrected chi connectivity index (χ0v) is 23.4. The summed E-state index contributed by atoms with van der Waals surface area (Å²) in [6, 6.07) is 7.78. The van der Waals surface area contributed by atoms with Crippen molar-refractivity contribution in [2.24, 2.45) is 5.92 Å². The summed E-state index contributed by atoms with van der Waals surface area (Å²) >= 11 is 0. The molecule has 0 heterocycles. The third-order valence-electron chi connectivity index (χ3n) is 7.56. The van der Waals surface area contributed by atoms with Gasteiger partial charge in [-0.3, -0.25) is 4.79 Å². The second kappa shape index (κ2) is 21.7. The van der Waals surface area contributed by atoms with Crippen molar-refractivity contribution >= 4 is 5.97 Å². The fourth-order valence-corrected chi connectivity index (χ4v) is 4.96. The molecule has 1 aromatic rings. The number of ether oxygens (including phenoxy) is 1. The monoisotopic (exact) mass is 488 g/mol. The summed E-state index contributed by atoms with van der Waals surface area (Å²) in [5, 5.41) is 9.47. The topological polar surface area (TPSA) is 46.5 Å². The number of phenolic OH excluding ortho intramolecular Hbond substituents is 1. The Hall–Kier alpha value is -1.51. The smallest absolute Gasteiger partial charge is 0.305 e. The predicted molar refractivity (Wildman–Crippen MR) is 150 cm³/mol. The van der Waals surface area contributed by atoms with Gasteiger partial charge in [0.05, 0.1) is 6.61 Å². The minimum Gasteiger partial charge on any atom is -0.508 e. The van der Waals surface area contributed by atoms with Crippen molar-refractivity contribution in [1.82, 2.24) is 0 Å². The summed E-state index contributed by atoms with van der Waals surface area (Å²) in [7, 11) is 0. The van der Waals surface area contributed by atoms with Crippen LogP contribution in [0.4, 0.5) is 0 Å². The zero-order valence-electron chi connectivity index (χ0n) is 23.4. The highest BCUT2D eigenvalue weighted by Gasteiger charge is 2.10. The molecular weight excluding hydrogens is 432 g/mol. The van der Waals surface area contributed by atoms with E-state index in [1.807, 2.05) is 12.1 Å². The molecule has 2 atom stereocenters. The Morgan fingerprint density at radius 2 is 1.26 bits per heavy atom. The Morgan fingerprint density at radius 3 is 1.77 bits per heavy atom. The number of benzene rings is 1. The van der Waals surface area contributed by atoms with E-state index in [2.05, 4.69) is 32.9 Å². The minimum atomic E-state index is 0.00511. The van der Waals surface area contributed by atoms with Gasteiger partial charge in [-0.05, 0) is 55.2 Å². The van der Waals surface area contributed by atoms with Gasteiger partial charge in [-0.1, -0.05) is 123 Å². The van der Waals surface area contributed by atoms with E-state index < -0.39 is 0 Å². The molecule has 1 N–H and O–H groups in total. The summed E-state index contributed by atoms with van der Waals surface area (Å²) < 4.78 is 5.49. The summed E-state index contributed by atoms with van der Waals surface area (Å²) in [5.74, 6) is 1.54. The van der Waals surface area contributed by atoms with Crippen LogP contribution in [0.3, 0.4) is 0 Å². The summed E-state index contributed by atoms with van der Waals surface area (Å²) in [6.07, 6.45) is 23.3. The predicted octanol–water partition coefficient (Wildman–Crippen LogP) is 10.1. The normalized spacial score (nSPS) is 13.0. The van der Waals surface area contributed by atoms with E-state index in [1.54, 1.807) is 0 Å². The first-order chi connectivity index (χ1) is 17.1. The second-order valence-corrected chi connectivity index (χ2v) is 10.6. The minimum absolute atomic E-state index is 0.00511. The molecule has 3 nitrogen and oxygen atoms in total. The number of unbranched alkanes of at least 4 members (excludes halogenated alkanes) is 12. The van der Waals surface area contributed by atoms with Crippen LogP contribution >= 0.6 is 0 Å². The van der Waals surface area contributed by atoms with Crippen LogP contribution in [-0.2, 0) is 9.53 Å². The van der Waals surface area contributed by atoms with E-state index in [1.165, 1.54) is 102 Å². The van der Waals surface area contributed by atoms with Crippen LogP contribution in [0.2, 0.25) is 0 Å². The van der Waals surface area contributed by atoms with Crippen LogP contribution in [0, 0.1) is 5.92 Å². The lowest BCUT2D eigenvalue weighted by Crippen LogP contribution is -2.13. The Kier molecular flexibility index (Phi) is 19.6. The molecule has 1 rings (SSSR count). The molecule has 0 aromatic heterocycles. The average Bonchev–Trinajstić information content (AvgIpc) is 2.87. The van der Waals surface area contributed by atoms with E-state index in [0.29, 0.717) is 30.6 Å². The highest BCUT2D eigenvalue weighted by molar-refractivity contribution is 5.69. The maximum Gasteiger partial charge on any atom is 0.305 e. The molecule has 0 bridgehead atoms. The molecule has 0 aliphatic rings. The number of aromatic hydroxyl groups is 1. The fraction of sp³-hybridized carbons (Fsp3) is 0.781. The average molecular weight is 489 g/mol. The molecule has 0 fully saturated rings. The van der Waals surface area contributed by atoms with Gasteiger partial charge in [0, 0.05) is 6.42 Å². The van der Waals surface area contributed by atoms with E-state index in [9.17, 15) is 9.90 Å². The van der Waals surface area contributed by atoms with Crippen molar-refractivity contribution in [2.75, 3.05) is 6.61 Å². The molecule has 202 valence electrons. The summed E-state index contributed by atoms with van der Waals surface area (Å²) in [4.78, 5) is 11.9. The first kappa shape index (κ1) is 31.5. The molecule has 0 saturated heterocycles. The Labute approximate surface area is 217 Å². The maximum absolute atomic E-state index is 11.9. The number of esters is 1. The van der Waals surface area contributed by atoms with Gasteiger partial charge in [-0.15, -0.1) is 0 Å². The number of hydrogen-bond donors (Lipinski definition) is 1. The Morgan fingerprint density at radius 1 is 0.714 bits per heavy atom. The van der Waals surface area contributed by atoms with Crippen LogP contribution in [0.1, 0.15) is 154 Å². The van der Waals surface area contributed by atoms with Gasteiger partial charge in [-0.25, -0.2) is 0 Å². The van der Waals surface area contributed by atoms with Gasteiger partial charge in [0.15, 0.2) is 0 Å². The number of rotatable bonds is 23. The molecule has 0 saturated carbocycles. The van der Waals surface area contributed by atoms with Gasteiger partial charge in [0.1, 0.15) is 5.75 Å². The molecule has 3 heteroatoms. The van der Waals surface area contributed by atoms with E-state index in [-0.39, 0.29) is 5.97 Å². The van der Waals surface area contributed by atoms with Crippen LogP contribution in [0.5, 0.6) is 5.75 Å². The molecule has 2 unspecified atom stereocenters. The number of phenols is 1. The van der Waals surface area contributed by atoms with Gasteiger partial charge < -0.3 is 9.84 Å². The van der Waals surface area contributed by atoms with Crippen LogP contribution in [-0.4, -0.2) is 17.7 Å². The van der Waals surface area contributed by atoms with Crippen molar-refractivity contribution < 1.29 is 14.6 Å². The molecule has 0 amide bonds. The molecule has 35 heavy (non-hydrogen) atoms. The lowest BCUT2D eigenvalue weighted by atomic mass is 9.90. The summed E-state index contributed by atoms with van der Waals surface area (Å²) in [5.41, 5.74) is 1.37. The molecule has 0 aliphatic carbocycles. The summed E-state index contributed by atoms with van der Waals surface area (Å²) in [6.45, 7) is 7.29. The van der Waals surface area contributed by atoms with Gasteiger partial charge in [-0.2, -0.15) is 0 Å². The van der Waals surface area contributed by atoms with E-state index in [0.717, 1.165) is 19.3 Å². The molecule has 0 spiro atoms. The van der Waals surface area contributed by atoms with Crippen molar-refractivity contribution in [3.63, 3.8) is 0 Å². The number of carbonyl (C=O) groups excluding carboxylic acids is 1. The van der Waals surface area contributed by atoms with E-state index >= 15 is 0 Å². The lowest BCUT2D eigenvalue weighted by molar-refractivity contribution is -0.145. The second-order valence-electron chi connectivity index (χ2n) is 10.6. The van der Waals surface area contributed by atoms with Crippen LogP contribution < -0.4 is 0 Å². The Balaban J connectivity index is 1.87. The SMILES string of the molecule is CCCCC(CC)COC(=O)CCCCCCCCCCCCCCC(CC)c1ccc(O)cc1. The van der Waals surface area contributed by atoms with Crippen LogP contribution in [0.25, 0.3) is 0 Å². The third kappa shape index (κ3) is 16.7. The zero-order chi connectivity index (χ0) is 25.6. The highest BCUT2D eigenvalue weighted by Crippen LogP contribution is 2.27. The van der Waals surface area contributed by atoms with Gasteiger partial charge >= 0.3 is 5.97 Å². The molecule has 0 aliphatic heterocycles. The van der Waals surface area contributed by atoms with Gasteiger partial charge in [0.25, 0.3) is 0 Å². The molecular formula is C32H56O3. The Bertz CT molecular complexity index is 610. The van der Waals surface area contributed by atoms with Crippen molar-refractivity contribution in [1.29, 1.82) is 0 Å². The highest BCUT2D eigenvalue weighted by atomic mass is 16.5. The quantitative estimate of drug-likeness (QED) is 0.123. The fourth-order valence-electron chi connectivity index (χ4n) is 4.96. The standard InChI is InChI=1S/C32H56O3/c1-4-7-20-28(5-2)27-35-32(34)22-19-17-15-13-11-9-8-10-12-14-16-18-21-29(6-3)30-23-25-31(33)26-24-30/h23-26,28-29,33H,4-22,27H2,1-3H3. The van der Waals surface area contributed by atoms with Crippen LogP contribution in [0.15, 0.2) is 24.3 Å². The largest absolute Gasteiger partial charge is 0.508 e. The van der Waals surface area contributed by atoms with Crippen molar-refractivity contribution in [3.05, 3.63) is 29.8 Å². The first-order valence-electron chi connectivity index (χ1n) is 15.0. The third-order valence-corrected chi connectivity index (χ3v) is 7.56.